The predicted octanol–water partition coefficient (Wildman–Crippen LogP) is 3.12. The minimum Gasteiger partial charge on any atom is -0.497 e. The van der Waals surface area contributed by atoms with E-state index in [2.05, 4.69) is 28.4 Å². The van der Waals surface area contributed by atoms with Crippen LogP contribution in [0.15, 0.2) is 71.9 Å². The Labute approximate surface area is 176 Å². The molecule has 3 aromatic rings. The number of anilines is 1. The van der Waals surface area contributed by atoms with Crippen molar-refractivity contribution >= 4 is 17.3 Å². The lowest BCUT2D eigenvalue weighted by Gasteiger charge is -2.29. The molecule has 4 rings (SSSR count). The SMILES string of the molecule is COc1ccc2c(c1)N(C)C(CNC(=O)c1cccn1C)CN=C2c1ccccc1. The van der Waals surface area contributed by atoms with Gasteiger partial charge in [-0.15, -0.1) is 0 Å². The summed E-state index contributed by atoms with van der Waals surface area (Å²) in [5.74, 6) is 0.708. The number of aliphatic imine (C=N–C) groups is 1. The summed E-state index contributed by atoms with van der Waals surface area (Å²) in [6.07, 6.45) is 1.87. The fourth-order valence-corrected chi connectivity index (χ4v) is 3.77. The maximum atomic E-state index is 12.6. The molecule has 6 nitrogen and oxygen atoms in total. The zero-order valence-electron chi connectivity index (χ0n) is 17.5. The molecule has 0 radical (unpaired) electrons. The molecule has 154 valence electrons. The number of fused-ring (bicyclic) bond motifs is 1. The van der Waals surface area contributed by atoms with Crippen LogP contribution < -0.4 is 15.0 Å². The minimum atomic E-state index is -0.0849. The quantitative estimate of drug-likeness (QED) is 0.713. The average molecular weight is 402 g/mol. The normalized spacial score (nSPS) is 15.8. The second-order valence-corrected chi connectivity index (χ2v) is 7.42. The molecule has 2 heterocycles. The number of benzodiazepines with no additional fused rings is 1. The summed E-state index contributed by atoms with van der Waals surface area (Å²) in [5.41, 5.74) is 4.76. The van der Waals surface area contributed by atoms with Crippen LogP contribution in [0, 0.1) is 0 Å². The van der Waals surface area contributed by atoms with Crippen LogP contribution in [-0.4, -0.2) is 49.5 Å². The molecule has 1 aliphatic rings. The van der Waals surface area contributed by atoms with Crippen molar-refractivity contribution in [2.75, 3.05) is 32.1 Å². The van der Waals surface area contributed by atoms with Crippen molar-refractivity contribution in [2.24, 2.45) is 12.0 Å². The number of hydrogen-bond acceptors (Lipinski definition) is 4. The van der Waals surface area contributed by atoms with Crippen molar-refractivity contribution in [3.8, 4) is 5.75 Å². The Hall–Kier alpha value is -3.54. The minimum absolute atomic E-state index is 0.0151. The lowest BCUT2D eigenvalue weighted by Crippen LogP contribution is -2.44. The van der Waals surface area contributed by atoms with Gasteiger partial charge in [-0.3, -0.25) is 9.79 Å². The van der Waals surface area contributed by atoms with Crippen molar-refractivity contribution < 1.29 is 9.53 Å². The number of benzene rings is 2. The van der Waals surface area contributed by atoms with Crippen molar-refractivity contribution in [1.29, 1.82) is 0 Å². The van der Waals surface area contributed by atoms with E-state index in [1.807, 2.05) is 67.3 Å². The third kappa shape index (κ3) is 3.81. The number of aromatic nitrogens is 1. The van der Waals surface area contributed by atoms with Crippen LogP contribution in [0.4, 0.5) is 5.69 Å². The van der Waals surface area contributed by atoms with E-state index in [0.717, 1.165) is 28.3 Å². The summed E-state index contributed by atoms with van der Waals surface area (Å²) in [5, 5.41) is 3.07. The topological polar surface area (TPSA) is 58.9 Å². The van der Waals surface area contributed by atoms with Crippen molar-refractivity contribution in [1.82, 2.24) is 9.88 Å². The zero-order chi connectivity index (χ0) is 21.1. The Bertz CT molecular complexity index is 1070. The van der Waals surface area contributed by atoms with E-state index in [4.69, 9.17) is 9.73 Å². The van der Waals surface area contributed by atoms with E-state index in [9.17, 15) is 4.79 Å². The van der Waals surface area contributed by atoms with E-state index in [-0.39, 0.29) is 11.9 Å². The van der Waals surface area contributed by atoms with Crippen LogP contribution in [0.2, 0.25) is 0 Å². The van der Waals surface area contributed by atoms with Gasteiger partial charge in [-0.25, -0.2) is 0 Å². The first kappa shape index (κ1) is 19.8. The van der Waals surface area contributed by atoms with Gasteiger partial charge in [-0.2, -0.15) is 0 Å². The number of amides is 1. The first-order chi connectivity index (χ1) is 14.6. The summed E-state index contributed by atoms with van der Waals surface area (Å²) in [4.78, 5) is 19.7. The number of rotatable bonds is 5. The highest BCUT2D eigenvalue weighted by molar-refractivity contribution is 6.16. The Morgan fingerprint density at radius 2 is 1.93 bits per heavy atom. The Kier molecular flexibility index (Phi) is 5.57. The van der Waals surface area contributed by atoms with Gasteiger partial charge in [0.1, 0.15) is 11.4 Å². The molecule has 1 aromatic heterocycles. The lowest BCUT2D eigenvalue weighted by molar-refractivity contribution is 0.0943. The molecular weight excluding hydrogens is 376 g/mol. The fourth-order valence-electron chi connectivity index (χ4n) is 3.77. The van der Waals surface area contributed by atoms with E-state index in [0.29, 0.717) is 18.8 Å². The van der Waals surface area contributed by atoms with Crippen LogP contribution >= 0.6 is 0 Å². The molecule has 0 aliphatic carbocycles. The third-order valence-electron chi connectivity index (χ3n) is 5.57. The van der Waals surface area contributed by atoms with Crippen LogP contribution in [0.1, 0.15) is 21.6 Å². The summed E-state index contributed by atoms with van der Waals surface area (Å²) in [6, 6.07) is 19.9. The van der Waals surface area contributed by atoms with Crippen LogP contribution in [0.25, 0.3) is 0 Å². The summed E-state index contributed by atoms with van der Waals surface area (Å²) < 4.78 is 7.28. The molecule has 1 unspecified atom stereocenters. The Balaban J connectivity index is 1.65. The number of carbonyl (C=O) groups excluding carboxylic acids is 1. The number of hydrogen-bond donors (Lipinski definition) is 1. The van der Waals surface area contributed by atoms with E-state index < -0.39 is 0 Å². The van der Waals surface area contributed by atoms with Gasteiger partial charge >= 0.3 is 0 Å². The number of likely N-dealkylation sites (N-methyl/N-ethyl adjacent to an activating group) is 1. The molecule has 30 heavy (non-hydrogen) atoms. The molecule has 1 N–H and O–H groups in total. The highest BCUT2D eigenvalue weighted by atomic mass is 16.5. The number of ether oxygens (including phenoxy) is 1. The van der Waals surface area contributed by atoms with Gasteiger partial charge in [0.2, 0.25) is 0 Å². The predicted molar refractivity (Wildman–Crippen MR) is 120 cm³/mol. The molecular formula is C24H26N4O2. The Morgan fingerprint density at radius 3 is 2.63 bits per heavy atom. The molecule has 1 aliphatic heterocycles. The lowest BCUT2D eigenvalue weighted by atomic mass is 10.00. The van der Waals surface area contributed by atoms with Gasteiger partial charge in [0.25, 0.3) is 5.91 Å². The largest absolute Gasteiger partial charge is 0.497 e. The summed E-state index contributed by atoms with van der Waals surface area (Å²) >= 11 is 0. The Morgan fingerprint density at radius 1 is 1.13 bits per heavy atom. The van der Waals surface area contributed by atoms with E-state index in [1.54, 1.807) is 7.11 Å². The van der Waals surface area contributed by atoms with Crippen LogP contribution in [-0.2, 0) is 7.05 Å². The van der Waals surface area contributed by atoms with E-state index in [1.165, 1.54) is 0 Å². The summed E-state index contributed by atoms with van der Waals surface area (Å²) in [6.45, 7) is 1.06. The highest BCUT2D eigenvalue weighted by Crippen LogP contribution is 2.31. The maximum Gasteiger partial charge on any atom is 0.267 e. The van der Waals surface area contributed by atoms with Gasteiger partial charge in [-0.05, 0) is 24.3 Å². The number of nitrogens with one attached hydrogen (secondary N) is 1. The smallest absolute Gasteiger partial charge is 0.267 e. The van der Waals surface area contributed by atoms with Crippen molar-refractivity contribution in [2.45, 2.75) is 6.04 Å². The van der Waals surface area contributed by atoms with E-state index >= 15 is 0 Å². The molecule has 0 fully saturated rings. The second-order valence-electron chi connectivity index (χ2n) is 7.42. The highest BCUT2D eigenvalue weighted by Gasteiger charge is 2.25. The number of nitrogens with zero attached hydrogens (tertiary/aromatic N) is 3. The average Bonchev–Trinajstić information content (AvgIpc) is 3.16. The molecule has 1 amide bonds. The molecule has 0 saturated heterocycles. The van der Waals surface area contributed by atoms with Crippen molar-refractivity contribution in [3.05, 3.63) is 83.7 Å². The molecule has 0 bridgehead atoms. The molecule has 6 heteroatoms. The van der Waals surface area contributed by atoms with Gasteiger partial charge in [0.15, 0.2) is 0 Å². The fraction of sp³-hybridized carbons (Fsp3) is 0.250. The molecule has 1 atom stereocenters. The van der Waals surface area contributed by atoms with Crippen molar-refractivity contribution in [3.63, 3.8) is 0 Å². The first-order valence-electron chi connectivity index (χ1n) is 9.99. The standard InChI is InChI=1S/C24H26N4O2/c1-27-13-7-10-21(27)24(29)26-16-18-15-25-23(17-8-5-4-6-9-17)20-12-11-19(30-3)14-22(20)28(18)2/h4-14,18H,15-16H2,1-3H3,(H,26,29). The number of methoxy groups -OCH3 is 1. The van der Waals surface area contributed by atoms with Crippen LogP contribution in [0.3, 0.4) is 0 Å². The number of aryl methyl sites for hydroxylation is 1. The zero-order valence-corrected chi connectivity index (χ0v) is 17.5. The second kappa shape index (κ2) is 8.45. The first-order valence-corrected chi connectivity index (χ1v) is 9.99. The van der Waals surface area contributed by atoms with Gasteiger partial charge in [0.05, 0.1) is 25.4 Å². The maximum absolute atomic E-state index is 12.6. The van der Waals surface area contributed by atoms with Gasteiger partial charge in [0, 0.05) is 49.7 Å². The summed E-state index contributed by atoms with van der Waals surface area (Å²) in [7, 11) is 5.58. The third-order valence-corrected chi connectivity index (χ3v) is 5.57. The molecule has 2 aromatic carbocycles. The monoisotopic (exact) mass is 402 g/mol. The van der Waals surface area contributed by atoms with Gasteiger partial charge < -0.3 is 19.5 Å². The molecule has 0 spiro atoms. The van der Waals surface area contributed by atoms with Crippen LogP contribution in [0.5, 0.6) is 5.75 Å². The van der Waals surface area contributed by atoms with Gasteiger partial charge in [-0.1, -0.05) is 30.3 Å². The molecule has 0 saturated carbocycles. The number of carbonyl (C=O) groups is 1.